The van der Waals surface area contributed by atoms with Gasteiger partial charge in [0.15, 0.2) is 0 Å². The molecule has 16 heavy (non-hydrogen) atoms. The van der Waals surface area contributed by atoms with E-state index in [-0.39, 0.29) is 6.04 Å². The molecule has 4 heteroatoms. The monoisotopic (exact) mass is 219 g/mol. The third kappa shape index (κ3) is 2.33. The number of methoxy groups -OCH3 is 1. The predicted molar refractivity (Wildman–Crippen MR) is 64.8 cm³/mol. The second-order valence-electron chi connectivity index (χ2n) is 3.81. The fourth-order valence-electron chi connectivity index (χ4n) is 1.87. The summed E-state index contributed by atoms with van der Waals surface area (Å²) >= 11 is 0. The Morgan fingerprint density at radius 1 is 1.50 bits per heavy atom. The second-order valence-corrected chi connectivity index (χ2v) is 3.81. The van der Waals surface area contributed by atoms with Gasteiger partial charge in [-0.05, 0) is 6.07 Å². The first kappa shape index (κ1) is 11.0. The second kappa shape index (κ2) is 4.99. The van der Waals surface area contributed by atoms with Crippen LogP contribution in [0.15, 0.2) is 29.3 Å². The number of rotatable bonds is 4. The van der Waals surface area contributed by atoms with Crippen molar-refractivity contribution in [2.24, 2.45) is 10.7 Å². The van der Waals surface area contributed by atoms with Crippen LogP contribution in [0, 0.1) is 0 Å². The smallest absolute Gasteiger partial charge is 0.123 e. The Hall–Kier alpha value is -1.55. The molecule has 2 rings (SSSR count). The van der Waals surface area contributed by atoms with Crippen LogP contribution in [0.4, 0.5) is 0 Å². The van der Waals surface area contributed by atoms with Crippen LogP contribution in [0.5, 0.6) is 5.75 Å². The number of amidine groups is 1. The molecule has 0 fully saturated rings. The molecule has 0 amide bonds. The molecule has 0 aliphatic carbocycles. The zero-order chi connectivity index (χ0) is 11.4. The number of nitrogens with two attached hydrogens (primary N) is 1. The van der Waals surface area contributed by atoms with E-state index in [0.717, 1.165) is 36.7 Å². The summed E-state index contributed by atoms with van der Waals surface area (Å²) in [6, 6.07) is 7.78. The molecule has 0 saturated carbocycles. The molecule has 0 radical (unpaired) electrons. The van der Waals surface area contributed by atoms with Gasteiger partial charge in [-0.3, -0.25) is 4.99 Å². The Kier molecular flexibility index (Phi) is 3.41. The normalized spacial score (nSPS) is 16.5. The quantitative estimate of drug-likeness (QED) is 0.796. The van der Waals surface area contributed by atoms with Crippen LogP contribution in [0.25, 0.3) is 0 Å². The minimum atomic E-state index is -0.0690. The molecule has 1 aromatic rings. The third-order valence-electron chi connectivity index (χ3n) is 2.70. The summed E-state index contributed by atoms with van der Waals surface area (Å²) in [5.74, 6) is 1.84. The number of nitrogens with one attached hydrogen (secondary N) is 1. The van der Waals surface area contributed by atoms with Gasteiger partial charge in [-0.15, -0.1) is 0 Å². The largest absolute Gasteiger partial charge is 0.496 e. The number of para-hydroxylation sites is 1. The Labute approximate surface area is 95.5 Å². The van der Waals surface area contributed by atoms with Gasteiger partial charge in [-0.1, -0.05) is 18.2 Å². The number of aliphatic imine (C=N–C) groups is 1. The lowest BCUT2D eigenvalue weighted by molar-refractivity contribution is 0.406. The summed E-state index contributed by atoms with van der Waals surface area (Å²) in [5, 5.41) is 3.22. The fraction of sp³-hybridized carbons (Fsp3) is 0.417. The van der Waals surface area contributed by atoms with Crippen molar-refractivity contribution < 1.29 is 4.74 Å². The highest BCUT2D eigenvalue weighted by molar-refractivity contribution is 5.84. The van der Waals surface area contributed by atoms with Crippen LogP contribution in [0.1, 0.15) is 18.0 Å². The number of hydrogen-bond acceptors (Lipinski definition) is 4. The molecule has 0 spiro atoms. The summed E-state index contributed by atoms with van der Waals surface area (Å²) < 4.78 is 5.29. The average molecular weight is 219 g/mol. The van der Waals surface area contributed by atoms with Gasteiger partial charge in [0.2, 0.25) is 0 Å². The molecule has 1 atom stereocenters. The summed E-state index contributed by atoms with van der Waals surface area (Å²) in [5.41, 5.74) is 7.18. The highest BCUT2D eigenvalue weighted by Gasteiger charge is 2.15. The van der Waals surface area contributed by atoms with Gasteiger partial charge in [0, 0.05) is 24.6 Å². The summed E-state index contributed by atoms with van der Waals surface area (Å²) in [6.45, 7) is 1.78. The van der Waals surface area contributed by atoms with Gasteiger partial charge in [0.1, 0.15) is 5.75 Å². The Morgan fingerprint density at radius 2 is 2.31 bits per heavy atom. The van der Waals surface area contributed by atoms with E-state index >= 15 is 0 Å². The molecule has 4 nitrogen and oxygen atoms in total. The SMILES string of the molecule is COc1ccccc1C(N)CC1=NCCN1. The topological polar surface area (TPSA) is 59.6 Å². The molecule has 0 bridgehead atoms. The lowest BCUT2D eigenvalue weighted by Gasteiger charge is -2.15. The molecule has 1 aliphatic heterocycles. The van der Waals surface area contributed by atoms with Crippen molar-refractivity contribution in [1.82, 2.24) is 5.32 Å². The molecule has 0 aromatic heterocycles. The lowest BCUT2D eigenvalue weighted by Crippen LogP contribution is -2.24. The molecule has 1 aliphatic rings. The van der Waals surface area contributed by atoms with E-state index in [1.165, 1.54) is 0 Å². The van der Waals surface area contributed by atoms with Crippen LogP contribution in [-0.4, -0.2) is 26.0 Å². The van der Waals surface area contributed by atoms with Crippen molar-refractivity contribution in [3.63, 3.8) is 0 Å². The Morgan fingerprint density at radius 3 is 3.00 bits per heavy atom. The molecule has 1 aromatic carbocycles. The lowest BCUT2D eigenvalue weighted by atomic mass is 10.0. The van der Waals surface area contributed by atoms with Crippen molar-refractivity contribution >= 4 is 5.84 Å². The van der Waals surface area contributed by atoms with Gasteiger partial charge in [0.25, 0.3) is 0 Å². The number of ether oxygens (including phenoxy) is 1. The Balaban J connectivity index is 2.10. The van der Waals surface area contributed by atoms with Gasteiger partial charge in [-0.25, -0.2) is 0 Å². The van der Waals surface area contributed by atoms with Crippen molar-refractivity contribution in [2.45, 2.75) is 12.5 Å². The van der Waals surface area contributed by atoms with Gasteiger partial charge < -0.3 is 15.8 Å². The van der Waals surface area contributed by atoms with Crippen LogP contribution in [0.2, 0.25) is 0 Å². The van der Waals surface area contributed by atoms with Crippen molar-refractivity contribution in [1.29, 1.82) is 0 Å². The van der Waals surface area contributed by atoms with Crippen LogP contribution >= 0.6 is 0 Å². The molecule has 1 heterocycles. The van der Waals surface area contributed by atoms with Crippen molar-refractivity contribution in [2.75, 3.05) is 20.2 Å². The zero-order valence-electron chi connectivity index (χ0n) is 9.44. The zero-order valence-corrected chi connectivity index (χ0v) is 9.44. The average Bonchev–Trinajstić information content (AvgIpc) is 2.81. The maximum atomic E-state index is 6.15. The van der Waals surface area contributed by atoms with E-state index in [9.17, 15) is 0 Å². The maximum absolute atomic E-state index is 6.15. The van der Waals surface area contributed by atoms with Crippen LogP contribution in [-0.2, 0) is 0 Å². The minimum absolute atomic E-state index is 0.0690. The first-order valence-corrected chi connectivity index (χ1v) is 5.47. The third-order valence-corrected chi connectivity index (χ3v) is 2.70. The van der Waals surface area contributed by atoms with E-state index in [2.05, 4.69) is 10.3 Å². The standard InChI is InChI=1S/C12H17N3O/c1-16-11-5-3-2-4-9(11)10(13)8-12-14-6-7-15-12/h2-5,10H,6-8,13H2,1H3,(H,14,15). The fourth-order valence-corrected chi connectivity index (χ4v) is 1.87. The van der Waals surface area contributed by atoms with Gasteiger partial charge in [0.05, 0.1) is 19.5 Å². The number of nitrogens with zero attached hydrogens (tertiary/aromatic N) is 1. The van der Waals surface area contributed by atoms with Crippen LogP contribution in [0.3, 0.4) is 0 Å². The molecule has 0 saturated heterocycles. The van der Waals surface area contributed by atoms with E-state index in [1.807, 2.05) is 24.3 Å². The van der Waals surface area contributed by atoms with Crippen LogP contribution < -0.4 is 15.8 Å². The van der Waals surface area contributed by atoms with Gasteiger partial charge in [-0.2, -0.15) is 0 Å². The molecule has 1 unspecified atom stereocenters. The molecular weight excluding hydrogens is 202 g/mol. The summed E-state index contributed by atoms with van der Waals surface area (Å²) in [7, 11) is 1.66. The predicted octanol–water partition coefficient (Wildman–Crippen LogP) is 1.09. The van der Waals surface area contributed by atoms with E-state index in [4.69, 9.17) is 10.5 Å². The van der Waals surface area contributed by atoms with E-state index in [1.54, 1.807) is 7.11 Å². The Bertz CT molecular complexity index is 390. The van der Waals surface area contributed by atoms with E-state index < -0.39 is 0 Å². The highest BCUT2D eigenvalue weighted by atomic mass is 16.5. The maximum Gasteiger partial charge on any atom is 0.123 e. The van der Waals surface area contributed by atoms with Gasteiger partial charge >= 0.3 is 0 Å². The minimum Gasteiger partial charge on any atom is -0.496 e. The number of benzene rings is 1. The first-order valence-electron chi connectivity index (χ1n) is 5.47. The highest BCUT2D eigenvalue weighted by Crippen LogP contribution is 2.25. The number of hydrogen-bond donors (Lipinski definition) is 2. The van der Waals surface area contributed by atoms with E-state index in [0.29, 0.717) is 0 Å². The summed E-state index contributed by atoms with van der Waals surface area (Å²) in [6.07, 6.45) is 0.736. The molecule has 86 valence electrons. The first-order chi connectivity index (χ1) is 7.81. The molecule has 3 N–H and O–H groups in total. The van der Waals surface area contributed by atoms with Crippen molar-refractivity contribution in [3.05, 3.63) is 29.8 Å². The van der Waals surface area contributed by atoms with Crippen molar-refractivity contribution in [3.8, 4) is 5.75 Å². The molecular formula is C12H17N3O. The summed E-state index contributed by atoms with van der Waals surface area (Å²) in [4.78, 5) is 4.34.